The molecule has 1 aromatic heterocycles. The van der Waals surface area contributed by atoms with Gasteiger partial charge in [-0.1, -0.05) is 34.8 Å². The number of amides is 1. The highest BCUT2D eigenvalue weighted by molar-refractivity contribution is 7.10. The Hall–Kier alpha value is -2.54. The molecule has 2 N–H and O–H groups in total. The fourth-order valence-corrected chi connectivity index (χ4v) is 1.87. The average molecular weight is 275 g/mol. The van der Waals surface area contributed by atoms with Gasteiger partial charge < -0.3 is 10.4 Å². The number of carbonyl (C=O) groups is 2. The molecule has 0 aliphatic carbocycles. The molecule has 2 rings (SSSR count). The van der Waals surface area contributed by atoms with Crippen LogP contribution in [0, 0.1) is 0 Å². The van der Waals surface area contributed by atoms with Crippen molar-refractivity contribution in [1.82, 2.24) is 9.59 Å². The number of carboxylic acids is 1. The largest absolute Gasteiger partial charge is 0.476 e. The first-order valence-electron chi connectivity index (χ1n) is 5.26. The maximum absolute atomic E-state index is 11.6. The number of nitrogens with one attached hydrogen (secondary N) is 1. The SMILES string of the molecule is O=C(C=Cc1ccccc1)Nc1snnc1C(=O)O. The molecule has 1 aromatic carbocycles. The van der Waals surface area contributed by atoms with Gasteiger partial charge in [-0.2, -0.15) is 0 Å². The number of hydrogen-bond donors (Lipinski definition) is 2. The first-order chi connectivity index (χ1) is 9.16. The Morgan fingerprint density at radius 3 is 2.68 bits per heavy atom. The van der Waals surface area contributed by atoms with Crippen molar-refractivity contribution in [3.8, 4) is 0 Å². The van der Waals surface area contributed by atoms with Crippen LogP contribution in [0.4, 0.5) is 5.00 Å². The second-order valence-corrected chi connectivity index (χ2v) is 4.24. The summed E-state index contributed by atoms with van der Waals surface area (Å²) in [4.78, 5) is 22.4. The number of benzene rings is 1. The molecule has 0 radical (unpaired) electrons. The molecule has 1 amide bonds. The lowest BCUT2D eigenvalue weighted by Gasteiger charge is -1.97. The molecule has 1 heterocycles. The summed E-state index contributed by atoms with van der Waals surface area (Å²) in [7, 11) is 0. The predicted molar refractivity (Wildman–Crippen MR) is 71.0 cm³/mol. The molecule has 0 aliphatic heterocycles. The van der Waals surface area contributed by atoms with Crippen molar-refractivity contribution < 1.29 is 14.7 Å². The molecule has 0 spiro atoms. The fraction of sp³-hybridized carbons (Fsp3) is 0. The quantitative estimate of drug-likeness (QED) is 0.831. The molecular formula is C12H9N3O3S. The second kappa shape index (κ2) is 5.87. The van der Waals surface area contributed by atoms with Crippen molar-refractivity contribution in [3.63, 3.8) is 0 Å². The predicted octanol–water partition coefficient (Wildman–Crippen LogP) is 1.89. The highest BCUT2D eigenvalue weighted by atomic mass is 32.1. The van der Waals surface area contributed by atoms with Crippen molar-refractivity contribution in [2.45, 2.75) is 0 Å². The van der Waals surface area contributed by atoms with Crippen LogP contribution in [-0.4, -0.2) is 26.6 Å². The minimum Gasteiger partial charge on any atom is -0.476 e. The maximum atomic E-state index is 11.6. The van der Waals surface area contributed by atoms with Crippen LogP contribution in [0.1, 0.15) is 16.1 Å². The Morgan fingerprint density at radius 2 is 2.00 bits per heavy atom. The van der Waals surface area contributed by atoms with Crippen LogP contribution in [0.5, 0.6) is 0 Å². The number of nitrogens with zero attached hydrogens (tertiary/aromatic N) is 2. The minimum atomic E-state index is -1.23. The summed E-state index contributed by atoms with van der Waals surface area (Å²) in [6, 6.07) is 9.28. The van der Waals surface area contributed by atoms with E-state index in [9.17, 15) is 9.59 Å². The smallest absolute Gasteiger partial charge is 0.359 e. The zero-order chi connectivity index (χ0) is 13.7. The number of carbonyl (C=O) groups excluding carboxylic acids is 1. The summed E-state index contributed by atoms with van der Waals surface area (Å²) in [5.74, 6) is -1.66. The van der Waals surface area contributed by atoms with Crippen LogP contribution in [0.15, 0.2) is 36.4 Å². The maximum Gasteiger partial charge on any atom is 0.359 e. The second-order valence-electron chi connectivity index (χ2n) is 3.49. The van der Waals surface area contributed by atoms with Crippen molar-refractivity contribution in [1.29, 1.82) is 0 Å². The third kappa shape index (κ3) is 3.46. The monoisotopic (exact) mass is 275 g/mol. The topological polar surface area (TPSA) is 92.2 Å². The van der Waals surface area contributed by atoms with Gasteiger partial charge in [-0.05, 0) is 11.6 Å². The number of aromatic carboxylic acids is 1. The lowest BCUT2D eigenvalue weighted by atomic mass is 10.2. The molecule has 0 saturated carbocycles. The summed E-state index contributed by atoms with van der Waals surface area (Å²) < 4.78 is 3.49. The van der Waals surface area contributed by atoms with Gasteiger partial charge in [0.2, 0.25) is 11.6 Å². The van der Waals surface area contributed by atoms with E-state index in [1.807, 2.05) is 30.3 Å². The van der Waals surface area contributed by atoms with Gasteiger partial charge in [0.15, 0.2) is 5.00 Å². The molecular weight excluding hydrogens is 266 g/mol. The standard InChI is InChI=1S/C12H9N3O3S/c16-9(7-6-8-4-2-1-3-5-8)13-11-10(12(17)18)14-15-19-11/h1-7H,(H,13,16)(H,17,18). The van der Waals surface area contributed by atoms with Gasteiger partial charge >= 0.3 is 5.97 Å². The van der Waals surface area contributed by atoms with Gasteiger partial charge in [-0.25, -0.2) is 4.79 Å². The third-order valence-electron chi connectivity index (χ3n) is 2.15. The molecule has 0 unspecified atom stereocenters. The Morgan fingerprint density at radius 1 is 1.26 bits per heavy atom. The van der Waals surface area contributed by atoms with Gasteiger partial charge in [0.25, 0.3) is 0 Å². The Balaban J connectivity index is 2.04. The summed E-state index contributed by atoms with van der Waals surface area (Å²) in [5, 5.41) is 14.8. The number of anilines is 1. The Labute approximate surface area is 112 Å². The Kier molecular flexibility index (Phi) is 3.99. The lowest BCUT2D eigenvalue weighted by Crippen LogP contribution is -2.10. The third-order valence-corrected chi connectivity index (χ3v) is 2.80. The van der Waals surface area contributed by atoms with Crippen molar-refractivity contribution in [2.24, 2.45) is 0 Å². The molecule has 2 aromatic rings. The molecule has 19 heavy (non-hydrogen) atoms. The van der Waals surface area contributed by atoms with E-state index in [1.165, 1.54) is 6.08 Å². The number of hydrogen-bond acceptors (Lipinski definition) is 5. The van der Waals surface area contributed by atoms with Gasteiger partial charge in [0.05, 0.1) is 0 Å². The number of carboxylic acid groups (broad SMARTS) is 1. The molecule has 6 nitrogen and oxygen atoms in total. The minimum absolute atomic E-state index is 0.121. The first kappa shape index (κ1) is 12.9. The zero-order valence-corrected chi connectivity index (χ0v) is 10.4. The van der Waals surface area contributed by atoms with E-state index in [1.54, 1.807) is 6.08 Å². The van der Waals surface area contributed by atoms with Crippen LogP contribution in [0.25, 0.3) is 6.08 Å². The fourth-order valence-electron chi connectivity index (χ4n) is 1.30. The van der Waals surface area contributed by atoms with Crippen molar-refractivity contribution in [2.75, 3.05) is 5.32 Å². The Bertz CT molecular complexity index is 622. The van der Waals surface area contributed by atoms with Gasteiger partial charge in [0, 0.05) is 17.6 Å². The number of aromatic nitrogens is 2. The molecule has 7 heteroatoms. The van der Waals surface area contributed by atoms with Crippen LogP contribution < -0.4 is 5.32 Å². The first-order valence-corrected chi connectivity index (χ1v) is 6.04. The molecule has 0 aliphatic rings. The molecule has 0 saturated heterocycles. The molecule has 0 atom stereocenters. The summed E-state index contributed by atoms with van der Waals surface area (Å²) >= 11 is 0.820. The van der Waals surface area contributed by atoms with Crippen LogP contribution in [-0.2, 0) is 4.79 Å². The van der Waals surface area contributed by atoms with Crippen LogP contribution in [0.3, 0.4) is 0 Å². The van der Waals surface area contributed by atoms with Crippen LogP contribution in [0.2, 0.25) is 0 Å². The van der Waals surface area contributed by atoms with E-state index in [0.29, 0.717) is 0 Å². The van der Waals surface area contributed by atoms with Gasteiger partial charge in [-0.3, -0.25) is 4.79 Å². The zero-order valence-electron chi connectivity index (χ0n) is 9.61. The highest BCUT2D eigenvalue weighted by Crippen LogP contribution is 2.17. The summed E-state index contributed by atoms with van der Waals surface area (Å²) in [6.45, 7) is 0. The van der Waals surface area contributed by atoms with E-state index in [0.717, 1.165) is 17.1 Å². The van der Waals surface area contributed by atoms with Crippen molar-refractivity contribution in [3.05, 3.63) is 47.7 Å². The van der Waals surface area contributed by atoms with E-state index in [2.05, 4.69) is 14.9 Å². The van der Waals surface area contributed by atoms with Crippen LogP contribution >= 0.6 is 11.5 Å². The molecule has 96 valence electrons. The average Bonchev–Trinajstić information content (AvgIpc) is 2.86. The summed E-state index contributed by atoms with van der Waals surface area (Å²) in [5.41, 5.74) is 0.616. The van der Waals surface area contributed by atoms with E-state index in [4.69, 9.17) is 5.11 Å². The summed E-state index contributed by atoms with van der Waals surface area (Å²) in [6.07, 6.45) is 2.95. The van der Waals surface area contributed by atoms with Gasteiger partial charge in [-0.15, -0.1) is 5.10 Å². The van der Waals surface area contributed by atoms with E-state index >= 15 is 0 Å². The lowest BCUT2D eigenvalue weighted by molar-refractivity contribution is -0.111. The van der Waals surface area contributed by atoms with Crippen molar-refractivity contribution >= 4 is 34.5 Å². The number of rotatable bonds is 4. The normalized spacial score (nSPS) is 10.5. The molecule has 0 fully saturated rings. The van der Waals surface area contributed by atoms with E-state index in [-0.39, 0.29) is 10.7 Å². The van der Waals surface area contributed by atoms with E-state index < -0.39 is 11.9 Å². The van der Waals surface area contributed by atoms with Gasteiger partial charge in [0.1, 0.15) is 0 Å². The molecule has 0 bridgehead atoms. The highest BCUT2D eigenvalue weighted by Gasteiger charge is 2.16.